The van der Waals surface area contributed by atoms with Gasteiger partial charge in [0.15, 0.2) is 5.69 Å². The van der Waals surface area contributed by atoms with Crippen LogP contribution in [0.25, 0.3) is 5.57 Å². The van der Waals surface area contributed by atoms with E-state index in [1.165, 1.54) is 18.2 Å². The monoisotopic (exact) mass is 499 g/mol. The maximum absolute atomic E-state index is 13.1. The van der Waals surface area contributed by atoms with Gasteiger partial charge in [-0.25, -0.2) is 9.78 Å². The highest BCUT2D eigenvalue weighted by Crippen LogP contribution is 2.28. The number of benzene rings is 1. The number of pyridine rings is 1. The summed E-state index contributed by atoms with van der Waals surface area (Å²) < 4.78 is 0. The number of nitrogens with zero attached hydrogens (tertiary/aromatic N) is 1. The first kappa shape index (κ1) is 26.8. The number of hydrogen-bond donors (Lipinski definition) is 5. The van der Waals surface area contributed by atoms with Crippen LogP contribution < -0.4 is 16.4 Å². The molecule has 9 heteroatoms. The normalized spacial score (nSPS) is 13.4. The van der Waals surface area contributed by atoms with Crippen LogP contribution in [0.2, 0.25) is 0 Å². The van der Waals surface area contributed by atoms with Crippen LogP contribution in [0.1, 0.15) is 51.9 Å². The van der Waals surface area contributed by atoms with Crippen LogP contribution >= 0.6 is 0 Å². The summed E-state index contributed by atoms with van der Waals surface area (Å²) in [7, 11) is 0. The first-order chi connectivity index (χ1) is 17.6. The lowest BCUT2D eigenvalue weighted by Gasteiger charge is -2.14. The number of nitrogen functional groups attached to an aromatic ring is 1. The summed E-state index contributed by atoms with van der Waals surface area (Å²) in [4.78, 5) is 41.9. The van der Waals surface area contributed by atoms with Gasteiger partial charge in [0.25, 0.3) is 11.8 Å². The molecule has 1 aliphatic carbocycles. The average Bonchev–Trinajstić information content (AvgIpc) is 3.71. The zero-order valence-electron chi connectivity index (χ0n) is 20.5. The maximum atomic E-state index is 13.1. The lowest BCUT2D eigenvalue weighted by molar-refractivity contribution is -0.112. The number of carbonyl (C=O) groups excluding carboxylic acids is 2. The Morgan fingerprint density at radius 1 is 1.16 bits per heavy atom. The lowest BCUT2D eigenvalue weighted by Crippen LogP contribution is -2.27. The van der Waals surface area contributed by atoms with E-state index in [0.29, 0.717) is 29.3 Å². The Morgan fingerprint density at radius 2 is 1.84 bits per heavy atom. The summed E-state index contributed by atoms with van der Waals surface area (Å²) in [5.74, 6) is -1.91. The average molecular weight is 500 g/mol. The van der Waals surface area contributed by atoms with Crippen molar-refractivity contribution in [1.82, 2.24) is 10.3 Å². The smallest absolute Gasteiger partial charge is 0.355 e. The number of aromatic nitrogens is 1. The van der Waals surface area contributed by atoms with Crippen molar-refractivity contribution >= 4 is 34.9 Å². The standard InChI is InChI=1S/C28H29N5O4/c1-4-16(2)5-12-21(17(3)26(34)32-20-10-8-19(9-11-20)25(29)30)22-13-14-23(33-24(22)28(36)37)27(35)31-15-18-6-7-18/h4-5,8-14,18H,1-2,6-7,15H2,3H3,(H3,29,30)(H,31,35)(H,32,34)(H,36,37)/b12-5-,21-17-. The molecule has 0 unspecified atom stereocenters. The molecular formula is C28H29N5O4. The quantitative estimate of drug-likeness (QED) is 0.136. The van der Waals surface area contributed by atoms with E-state index in [2.05, 4.69) is 28.8 Å². The van der Waals surface area contributed by atoms with Crippen molar-refractivity contribution in [3.63, 3.8) is 0 Å². The molecule has 1 heterocycles. The molecule has 2 aromatic rings. The zero-order valence-corrected chi connectivity index (χ0v) is 20.5. The van der Waals surface area contributed by atoms with Crippen LogP contribution in [0.5, 0.6) is 0 Å². The molecule has 0 radical (unpaired) electrons. The molecule has 6 N–H and O–H groups in total. The summed E-state index contributed by atoms with van der Waals surface area (Å²) in [5.41, 5.74) is 7.28. The zero-order chi connectivity index (χ0) is 27.1. The first-order valence-electron chi connectivity index (χ1n) is 11.6. The number of allylic oxidation sites excluding steroid dienone is 5. The summed E-state index contributed by atoms with van der Waals surface area (Å²) in [6.45, 7) is 9.56. The molecule has 37 heavy (non-hydrogen) atoms. The largest absolute Gasteiger partial charge is 0.476 e. The molecule has 0 atom stereocenters. The molecule has 2 amide bonds. The van der Waals surface area contributed by atoms with Crippen LogP contribution in [-0.4, -0.2) is 40.3 Å². The number of nitrogens with one attached hydrogen (secondary N) is 3. The number of hydrogen-bond acceptors (Lipinski definition) is 5. The number of anilines is 1. The van der Waals surface area contributed by atoms with Crippen LogP contribution in [0.4, 0.5) is 5.69 Å². The molecule has 1 saturated carbocycles. The van der Waals surface area contributed by atoms with E-state index in [-0.39, 0.29) is 33.9 Å². The Labute approximate surface area is 215 Å². The molecular weight excluding hydrogens is 470 g/mol. The van der Waals surface area contributed by atoms with Crippen LogP contribution in [-0.2, 0) is 4.79 Å². The molecule has 0 spiro atoms. The van der Waals surface area contributed by atoms with Gasteiger partial charge in [0.05, 0.1) is 0 Å². The van der Waals surface area contributed by atoms with Crippen LogP contribution in [0.15, 0.2) is 78.9 Å². The Balaban J connectivity index is 2.00. The summed E-state index contributed by atoms with van der Waals surface area (Å²) in [5, 5.41) is 22.9. The second kappa shape index (κ2) is 11.8. The van der Waals surface area contributed by atoms with Gasteiger partial charge in [-0.15, -0.1) is 0 Å². The van der Waals surface area contributed by atoms with Crippen molar-refractivity contribution in [2.45, 2.75) is 19.8 Å². The van der Waals surface area contributed by atoms with Crippen molar-refractivity contribution in [2.75, 3.05) is 11.9 Å². The minimum Gasteiger partial charge on any atom is -0.476 e. The molecule has 1 aliphatic rings. The number of amides is 2. The fraction of sp³-hybridized carbons (Fsp3) is 0.179. The summed E-state index contributed by atoms with van der Waals surface area (Å²) in [6.07, 6.45) is 6.80. The van der Waals surface area contributed by atoms with Gasteiger partial charge in [0.1, 0.15) is 11.5 Å². The van der Waals surface area contributed by atoms with Gasteiger partial charge < -0.3 is 21.5 Å². The van der Waals surface area contributed by atoms with E-state index in [1.807, 2.05) is 0 Å². The predicted molar refractivity (Wildman–Crippen MR) is 143 cm³/mol. The Kier molecular flexibility index (Phi) is 8.52. The van der Waals surface area contributed by atoms with E-state index in [1.54, 1.807) is 43.3 Å². The Morgan fingerprint density at radius 3 is 2.41 bits per heavy atom. The fourth-order valence-corrected chi connectivity index (χ4v) is 3.37. The van der Waals surface area contributed by atoms with Gasteiger partial charge in [-0.2, -0.15) is 0 Å². The minimum absolute atomic E-state index is 0.0201. The highest BCUT2D eigenvalue weighted by Gasteiger charge is 2.24. The second-order valence-electron chi connectivity index (χ2n) is 8.65. The molecule has 190 valence electrons. The maximum Gasteiger partial charge on any atom is 0.355 e. The topological polar surface area (TPSA) is 158 Å². The van der Waals surface area contributed by atoms with E-state index in [4.69, 9.17) is 11.1 Å². The third-order valence-corrected chi connectivity index (χ3v) is 5.79. The predicted octanol–water partition coefficient (Wildman–Crippen LogP) is 3.91. The molecule has 0 aliphatic heterocycles. The van der Waals surface area contributed by atoms with E-state index in [0.717, 1.165) is 12.8 Å². The van der Waals surface area contributed by atoms with E-state index in [9.17, 15) is 19.5 Å². The molecule has 0 bridgehead atoms. The third-order valence-electron chi connectivity index (χ3n) is 5.79. The SMILES string of the molecule is C=CC(=C)/C=C\C(=C(/C)C(=O)Nc1ccc(C(=N)N)cc1)c1ccc(C(=O)NCC2CC2)nc1C(=O)O. The molecule has 1 aromatic carbocycles. The van der Waals surface area contributed by atoms with Gasteiger partial charge in [0.2, 0.25) is 0 Å². The number of rotatable bonds is 11. The number of carboxylic acid groups (broad SMARTS) is 1. The van der Waals surface area contributed by atoms with Crippen molar-refractivity contribution in [1.29, 1.82) is 5.41 Å². The summed E-state index contributed by atoms with van der Waals surface area (Å²) in [6, 6.07) is 9.33. The van der Waals surface area contributed by atoms with Crippen LogP contribution in [0.3, 0.4) is 0 Å². The van der Waals surface area contributed by atoms with E-state index >= 15 is 0 Å². The van der Waals surface area contributed by atoms with E-state index < -0.39 is 17.8 Å². The van der Waals surface area contributed by atoms with Crippen molar-refractivity contribution in [2.24, 2.45) is 11.7 Å². The number of carbonyl (C=O) groups is 3. The lowest BCUT2D eigenvalue weighted by atomic mass is 9.96. The number of amidine groups is 1. The van der Waals surface area contributed by atoms with Gasteiger partial charge in [-0.05, 0) is 73.2 Å². The minimum atomic E-state index is -1.34. The molecule has 0 saturated heterocycles. The highest BCUT2D eigenvalue weighted by molar-refractivity contribution is 6.11. The third kappa shape index (κ3) is 7.11. The van der Waals surface area contributed by atoms with Gasteiger partial charge in [-0.1, -0.05) is 31.4 Å². The fourth-order valence-electron chi connectivity index (χ4n) is 3.37. The van der Waals surface area contributed by atoms with Crippen molar-refractivity contribution in [3.05, 3.63) is 101 Å². The number of aromatic carboxylic acids is 1. The molecule has 9 nitrogen and oxygen atoms in total. The highest BCUT2D eigenvalue weighted by atomic mass is 16.4. The number of nitrogens with two attached hydrogens (primary N) is 1. The van der Waals surface area contributed by atoms with Gasteiger partial charge in [-0.3, -0.25) is 15.0 Å². The number of carboxylic acids is 1. The van der Waals surface area contributed by atoms with Crippen molar-refractivity contribution < 1.29 is 19.5 Å². The molecule has 3 rings (SSSR count). The first-order valence-corrected chi connectivity index (χ1v) is 11.6. The van der Waals surface area contributed by atoms with Crippen molar-refractivity contribution in [3.8, 4) is 0 Å². The van der Waals surface area contributed by atoms with Gasteiger partial charge >= 0.3 is 5.97 Å². The Hall–Kier alpha value is -4.79. The van der Waals surface area contributed by atoms with Crippen LogP contribution in [0, 0.1) is 11.3 Å². The van der Waals surface area contributed by atoms with Gasteiger partial charge in [0, 0.05) is 28.9 Å². The molecule has 1 fully saturated rings. The summed E-state index contributed by atoms with van der Waals surface area (Å²) >= 11 is 0. The Bertz CT molecular complexity index is 1330. The second-order valence-corrected chi connectivity index (χ2v) is 8.65. The molecule has 1 aromatic heterocycles.